The lowest BCUT2D eigenvalue weighted by Gasteiger charge is -2.26. The molecule has 4 heteroatoms. The molecule has 1 aliphatic rings. The van der Waals surface area contributed by atoms with Gasteiger partial charge in [0.15, 0.2) is 0 Å². The Kier molecular flexibility index (Phi) is 3.77. The minimum absolute atomic E-state index is 0.212. The molecule has 1 saturated heterocycles. The van der Waals surface area contributed by atoms with E-state index in [9.17, 15) is 0 Å². The minimum Gasteiger partial charge on any atom is -0.385 e. The van der Waals surface area contributed by atoms with Crippen LogP contribution in [0.15, 0.2) is 0 Å². The van der Waals surface area contributed by atoms with E-state index in [4.69, 9.17) is 22.1 Å². The van der Waals surface area contributed by atoms with Gasteiger partial charge in [0.2, 0.25) is 0 Å². The van der Waals surface area contributed by atoms with E-state index in [2.05, 4.69) is 0 Å². The van der Waals surface area contributed by atoms with Crippen molar-refractivity contribution in [3.8, 4) is 0 Å². The van der Waals surface area contributed by atoms with Crippen LogP contribution in [-0.4, -0.2) is 45.9 Å². The highest BCUT2D eigenvalue weighted by molar-refractivity contribution is 6.11. The average molecular weight is 184 g/mol. The first kappa shape index (κ1) is 11.0. The number of ether oxygens (including phenoxy) is 3. The van der Waals surface area contributed by atoms with Crippen molar-refractivity contribution in [2.45, 2.75) is 38.0 Å². The minimum atomic E-state index is -0.330. The Bertz CT molecular complexity index is 163. The first-order valence-electron chi connectivity index (χ1n) is 4.62. The summed E-state index contributed by atoms with van der Waals surface area (Å²) < 4.78 is 16.2. The topological polar surface area (TPSA) is 27.7 Å². The molecule has 13 heavy (non-hydrogen) atoms. The molecule has 0 N–H and O–H groups in total. The maximum absolute atomic E-state index is 5.63. The van der Waals surface area contributed by atoms with Crippen LogP contribution in [0.1, 0.15) is 20.3 Å². The van der Waals surface area contributed by atoms with E-state index in [0.717, 1.165) is 0 Å². The van der Waals surface area contributed by atoms with Gasteiger partial charge in [0.1, 0.15) is 13.4 Å². The molecule has 1 rings (SSSR count). The summed E-state index contributed by atoms with van der Waals surface area (Å²) in [4.78, 5) is 0. The molecular formula is C9H17BO3. The third-order valence-electron chi connectivity index (χ3n) is 2.25. The van der Waals surface area contributed by atoms with Crippen molar-refractivity contribution >= 4 is 7.85 Å². The molecule has 1 heterocycles. The highest BCUT2D eigenvalue weighted by atomic mass is 16.6. The van der Waals surface area contributed by atoms with Gasteiger partial charge in [-0.25, -0.2) is 0 Å². The fourth-order valence-corrected chi connectivity index (χ4v) is 1.36. The van der Waals surface area contributed by atoms with Gasteiger partial charge in [-0.15, -0.1) is 0 Å². The molecular weight excluding hydrogens is 167 g/mol. The Labute approximate surface area is 81.1 Å². The number of methoxy groups -OCH3 is 1. The normalized spacial score (nSPS) is 34.3. The van der Waals surface area contributed by atoms with Crippen LogP contribution < -0.4 is 0 Å². The summed E-state index contributed by atoms with van der Waals surface area (Å²) in [6.07, 6.45) is 0.916. The first-order chi connectivity index (χ1) is 6.08. The van der Waals surface area contributed by atoms with Gasteiger partial charge >= 0.3 is 0 Å². The monoisotopic (exact) mass is 184 g/mol. The first-order valence-corrected chi connectivity index (χ1v) is 4.62. The Hall–Kier alpha value is -0.0551. The fourth-order valence-electron chi connectivity index (χ4n) is 1.36. The van der Waals surface area contributed by atoms with E-state index in [0.29, 0.717) is 19.6 Å². The van der Waals surface area contributed by atoms with Crippen molar-refractivity contribution in [3.05, 3.63) is 0 Å². The summed E-state index contributed by atoms with van der Waals surface area (Å²) in [6.45, 7) is 5.07. The fraction of sp³-hybridized carbons (Fsp3) is 1.00. The summed E-state index contributed by atoms with van der Waals surface area (Å²) in [5.41, 5.74) is -0.330. The van der Waals surface area contributed by atoms with Gasteiger partial charge in [-0.1, -0.05) is 0 Å². The van der Waals surface area contributed by atoms with Gasteiger partial charge in [0.05, 0.1) is 19.3 Å². The average Bonchev–Trinajstić information content (AvgIpc) is 2.45. The van der Waals surface area contributed by atoms with E-state index in [1.54, 1.807) is 7.11 Å². The smallest absolute Gasteiger partial charge is 0.116 e. The summed E-state index contributed by atoms with van der Waals surface area (Å²) in [6, 6.07) is -0.212. The highest BCUT2D eigenvalue weighted by Crippen LogP contribution is 2.26. The predicted molar refractivity (Wildman–Crippen MR) is 50.9 cm³/mol. The Morgan fingerprint density at radius 3 is 2.69 bits per heavy atom. The van der Waals surface area contributed by atoms with E-state index >= 15 is 0 Å². The van der Waals surface area contributed by atoms with E-state index in [1.165, 1.54) is 0 Å². The van der Waals surface area contributed by atoms with Crippen LogP contribution >= 0.6 is 0 Å². The molecule has 2 atom stereocenters. The van der Waals surface area contributed by atoms with Gasteiger partial charge in [0.25, 0.3) is 0 Å². The number of rotatable bonds is 4. The molecule has 0 amide bonds. The SMILES string of the molecule is [B]C1CC(COC(C)C)(OC)CO1. The zero-order valence-electron chi connectivity index (χ0n) is 8.58. The van der Waals surface area contributed by atoms with Crippen molar-refractivity contribution in [3.63, 3.8) is 0 Å². The second-order valence-corrected chi connectivity index (χ2v) is 3.80. The summed E-state index contributed by atoms with van der Waals surface area (Å²) in [7, 11) is 7.31. The molecule has 2 radical (unpaired) electrons. The third-order valence-corrected chi connectivity index (χ3v) is 2.25. The van der Waals surface area contributed by atoms with Crippen LogP contribution in [0.25, 0.3) is 0 Å². The second-order valence-electron chi connectivity index (χ2n) is 3.80. The van der Waals surface area contributed by atoms with E-state index in [-0.39, 0.29) is 17.7 Å². The summed E-state index contributed by atoms with van der Waals surface area (Å²) >= 11 is 0. The summed E-state index contributed by atoms with van der Waals surface area (Å²) in [5, 5.41) is 0. The molecule has 0 aromatic carbocycles. The van der Waals surface area contributed by atoms with Crippen molar-refractivity contribution < 1.29 is 14.2 Å². The lowest BCUT2D eigenvalue weighted by atomic mass is 9.90. The van der Waals surface area contributed by atoms with Gasteiger partial charge in [0, 0.05) is 13.1 Å². The highest BCUT2D eigenvalue weighted by Gasteiger charge is 2.38. The third kappa shape index (κ3) is 2.97. The molecule has 0 aromatic heterocycles. The number of hydrogen-bond donors (Lipinski definition) is 0. The zero-order chi connectivity index (χ0) is 9.90. The summed E-state index contributed by atoms with van der Waals surface area (Å²) in [5.74, 6) is 0. The Morgan fingerprint density at radius 1 is 1.62 bits per heavy atom. The zero-order valence-corrected chi connectivity index (χ0v) is 8.58. The number of hydrogen-bond acceptors (Lipinski definition) is 3. The second kappa shape index (κ2) is 4.44. The molecule has 0 aliphatic carbocycles. The Morgan fingerprint density at radius 2 is 2.31 bits per heavy atom. The van der Waals surface area contributed by atoms with Crippen LogP contribution in [0.4, 0.5) is 0 Å². The predicted octanol–water partition coefficient (Wildman–Crippen LogP) is 0.711. The lowest BCUT2D eigenvalue weighted by molar-refractivity contribution is -0.0898. The molecule has 0 saturated carbocycles. The van der Waals surface area contributed by atoms with Crippen LogP contribution in [0.2, 0.25) is 0 Å². The molecule has 2 unspecified atom stereocenters. The van der Waals surface area contributed by atoms with Crippen LogP contribution in [0.3, 0.4) is 0 Å². The standard InChI is InChI=1S/C9H17BO3/c1-7(2)12-5-9(11-3)4-8(10)13-6-9/h7-8H,4-6H2,1-3H3. The quantitative estimate of drug-likeness (QED) is 0.602. The lowest BCUT2D eigenvalue weighted by Crippen LogP contribution is -2.38. The molecule has 74 valence electrons. The van der Waals surface area contributed by atoms with Crippen molar-refractivity contribution in [1.29, 1.82) is 0 Å². The van der Waals surface area contributed by atoms with Crippen molar-refractivity contribution in [2.24, 2.45) is 0 Å². The van der Waals surface area contributed by atoms with Gasteiger partial charge < -0.3 is 14.2 Å². The molecule has 0 aromatic rings. The van der Waals surface area contributed by atoms with E-state index in [1.807, 2.05) is 13.8 Å². The van der Waals surface area contributed by atoms with E-state index < -0.39 is 0 Å². The van der Waals surface area contributed by atoms with Crippen LogP contribution in [0, 0.1) is 0 Å². The van der Waals surface area contributed by atoms with Crippen LogP contribution in [0.5, 0.6) is 0 Å². The molecule has 0 spiro atoms. The van der Waals surface area contributed by atoms with Crippen molar-refractivity contribution in [1.82, 2.24) is 0 Å². The molecule has 1 fully saturated rings. The van der Waals surface area contributed by atoms with Crippen molar-refractivity contribution in [2.75, 3.05) is 20.3 Å². The molecule has 3 nitrogen and oxygen atoms in total. The molecule has 1 aliphatic heterocycles. The van der Waals surface area contributed by atoms with Gasteiger partial charge in [-0.2, -0.15) is 0 Å². The molecule has 0 bridgehead atoms. The largest absolute Gasteiger partial charge is 0.385 e. The maximum atomic E-state index is 5.63. The Balaban J connectivity index is 2.41. The van der Waals surface area contributed by atoms with Crippen LogP contribution in [-0.2, 0) is 14.2 Å². The maximum Gasteiger partial charge on any atom is 0.116 e. The van der Waals surface area contributed by atoms with Gasteiger partial charge in [-0.05, 0) is 20.3 Å². The van der Waals surface area contributed by atoms with Gasteiger partial charge in [-0.3, -0.25) is 0 Å².